The van der Waals surface area contributed by atoms with E-state index in [2.05, 4.69) is 11.9 Å². The van der Waals surface area contributed by atoms with E-state index < -0.39 is 30.2 Å². The lowest BCUT2D eigenvalue weighted by Gasteiger charge is -2.39. The molecule has 7 unspecified atom stereocenters. The minimum atomic E-state index is -0.764. The number of hydrogen-bond donors (Lipinski definition) is 1. The first-order valence-corrected chi connectivity index (χ1v) is 14.5. The summed E-state index contributed by atoms with van der Waals surface area (Å²) in [7, 11) is 6.27. The van der Waals surface area contributed by atoms with Crippen molar-refractivity contribution in [2.75, 3.05) is 41.4 Å². The van der Waals surface area contributed by atoms with Crippen LogP contribution in [0.25, 0.3) is 0 Å². The average Bonchev–Trinajstić information content (AvgIpc) is 3.44. The molecular formula is C30H52N4O7. The Hall–Kier alpha value is -2.79. The number of carbonyl (C=O) groups is 5. The first-order valence-electron chi connectivity index (χ1n) is 14.5. The van der Waals surface area contributed by atoms with Gasteiger partial charge in [-0.15, -0.1) is 0 Å². The van der Waals surface area contributed by atoms with E-state index in [9.17, 15) is 24.0 Å². The maximum absolute atomic E-state index is 13.6. The molecule has 11 nitrogen and oxygen atoms in total. The van der Waals surface area contributed by atoms with Gasteiger partial charge < -0.3 is 34.3 Å². The molecule has 0 spiro atoms. The molecule has 1 aliphatic heterocycles. The SMILES string of the molecule is C=CC(=O)N(C)C(C(=O)NCC(=O)N(C)C(C(C)CC)C(CC(=O)N1CCCC1C(OC)C(C)C=O)OC)C(C)C. The number of aldehydes is 1. The first-order chi connectivity index (χ1) is 19.3. The molecule has 1 fully saturated rings. The quantitative estimate of drug-likeness (QED) is 0.206. The van der Waals surface area contributed by atoms with Gasteiger partial charge in [0.05, 0.1) is 37.3 Å². The van der Waals surface area contributed by atoms with Crippen LogP contribution in [0.3, 0.4) is 0 Å². The zero-order valence-corrected chi connectivity index (χ0v) is 26.4. The van der Waals surface area contributed by atoms with Gasteiger partial charge in [-0.25, -0.2) is 0 Å². The predicted molar refractivity (Wildman–Crippen MR) is 157 cm³/mol. The molecule has 0 radical (unpaired) electrons. The van der Waals surface area contributed by atoms with Gasteiger partial charge in [0.2, 0.25) is 23.6 Å². The molecule has 4 amide bonds. The summed E-state index contributed by atoms with van der Waals surface area (Å²) in [5.41, 5.74) is 0. The number of carbonyl (C=O) groups excluding carboxylic acids is 5. The Labute approximate surface area is 245 Å². The number of likely N-dealkylation sites (N-methyl/N-ethyl adjacent to an activating group) is 2. The zero-order chi connectivity index (χ0) is 31.4. The van der Waals surface area contributed by atoms with Gasteiger partial charge in [0.15, 0.2) is 0 Å². The molecule has 1 saturated heterocycles. The topological polar surface area (TPSA) is 126 Å². The van der Waals surface area contributed by atoms with Crippen molar-refractivity contribution in [3.05, 3.63) is 12.7 Å². The van der Waals surface area contributed by atoms with E-state index in [0.717, 1.165) is 31.6 Å². The second-order valence-corrected chi connectivity index (χ2v) is 11.4. The number of ether oxygens (including phenoxy) is 2. The second kappa shape index (κ2) is 17.2. The monoisotopic (exact) mass is 580 g/mol. The van der Waals surface area contributed by atoms with Crippen molar-refractivity contribution in [1.82, 2.24) is 20.0 Å². The van der Waals surface area contributed by atoms with E-state index in [0.29, 0.717) is 6.54 Å². The summed E-state index contributed by atoms with van der Waals surface area (Å²) in [4.78, 5) is 68.1. The molecule has 0 aromatic carbocycles. The molecule has 0 saturated carbocycles. The fourth-order valence-corrected chi connectivity index (χ4v) is 5.88. The Bertz CT molecular complexity index is 911. The van der Waals surface area contributed by atoms with Crippen molar-refractivity contribution in [2.45, 2.75) is 90.6 Å². The Morgan fingerprint density at radius 2 is 1.71 bits per heavy atom. The average molecular weight is 581 g/mol. The predicted octanol–water partition coefficient (Wildman–Crippen LogP) is 1.89. The van der Waals surface area contributed by atoms with E-state index >= 15 is 0 Å². The number of hydrogen-bond acceptors (Lipinski definition) is 7. The van der Waals surface area contributed by atoms with Gasteiger partial charge in [0.25, 0.3) is 0 Å². The number of amides is 4. The third kappa shape index (κ3) is 9.36. The summed E-state index contributed by atoms with van der Waals surface area (Å²) in [6.45, 7) is 13.2. The van der Waals surface area contributed by atoms with Gasteiger partial charge in [-0.3, -0.25) is 19.2 Å². The molecular weight excluding hydrogens is 528 g/mol. The lowest BCUT2D eigenvalue weighted by atomic mass is 9.90. The van der Waals surface area contributed by atoms with Crippen molar-refractivity contribution in [3.8, 4) is 0 Å². The highest BCUT2D eigenvalue weighted by atomic mass is 16.5. The highest BCUT2D eigenvalue weighted by Gasteiger charge is 2.40. The molecule has 0 aliphatic carbocycles. The number of nitrogens with one attached hydrogen (secondary N) is 1. The lowest BCUT2D eigenvalue weighted by molar-refractivity contribution is -0.145. The summed E-state index contributed by atoms with van der Waals surface area (Å²) in [6.07, 6.45) is 3.37. The van der Waals surface area contributed by atoms with Crippen LogP contribution in [-0.2, 0) is 33.4 Å². The highest BCUT2D eigenvalue weighted by molar-refractivity contribution is 5.94. The Kier molecular flexibility index (Phi) is 15.2. The number of likely N-dealkylation sites (tertiary alicyclic amines) is 1. The summed E-state index contributed by atoms with van der Waals surface area (Å²) >= 11 is 0. The van der Waals surface area contributed by atoms with Crippen LogP contribution in [0.5, 0.6) is 0 Å². The first kappa shape index (κ1) is 36.2. The highest BCUT2D eigenvalue weighted by Crippen LogP contribution is 2.28. The van der Waals surface area contributed by atoms with Crippen molar-refractivity contribution >= 4 is 29.9 Å². The largest absolute Gasteiger partial charge is 0.379 e. The van der Waals surface area contributed by atoms with Crippen LogP contribution in [0, 0.1) is 17.8 Å². The van der Waals surface area contributed by atoms with E-state index in [1.165, 1.54) is 19.1 Å². The molecule has 11 heteroatoms. The third-order valence-corrected chi connectivity index (χ3v) is 8.38. The van der Waals surface area contributed by atoms with Crippen molar-refractivity contribution < 1.29 is 33.4 Å². The van der Waals surface area contributed by atoms with Gasteiger partial charge in [0.1, 0.15) is 12.3 Å². The van der Waals surface area contributed by atoms with Crippen LogP contribution >= 0.6 is 0 Å². The molecule has 0 aromatic heterocycles. The number of nitrogens with zero attached hydrogens (tertiary/aromatic N) is 3. The Morgan fingerprint density at radius 3 is 2.20 bits per heavy atom. The summed E-state index contributed by atoms with van der Waals surface area (Å²) in [6, 6.07) is -1.40. The summed E-state index contributed by atoms with van der Waals surface area (Å²) in [5.74, 6) is -1.81. The van der Waals surface area contributed by atoms with Gasteiger partial charge in [-0.2, -0.15) is 0 Å². The van der Waals surface area contributed by atoms with E-state index in [1.54, 1.807) is 30.9 Å². The van der Waals surface area contributed by atoms with Gasteiger partial charge in [-0.1, -0.05) is 47.6 Å². The molecule has 0 bridgehead atoms. The van der Waals surface area contributed by atoms with Crippen LogP contribution in [0.15, 0.2) is 12.7 Å². The van der Waals surface area contributed by atoms with Crippen LogP contribution in [0.1, 0.15) is 60.3 Å². The van der Waals surface area contributed by atoms with Crippen molar-refractivity contribution in [1.29, 1.82) is 0 Å². The van der Waals surface area contributed by atoms with Crippen LogP contribution < -0.4 is 5.32 Å². The number of rotatable bonds is 17. The van der Waals surface area contributed by atoms with Gasteiger partial charge in [0, 0.05) is 40.8 Å². The standard InChI is InChI=1S/C30H52N4O7/c1-11-20(5)28(33(8)26(38)17-31-30(39)27(19(3)4)32(7)24(36)12-2)23(40-9)16-25(37)34-15-13-14-22(34)29(41-10)21(6)18-35/h12,18-23,27-29H,2,11,13-17H2,1,3-10H3,(H,31,39). The third-order valence-electron chi connectivity index (χ3n) is 8.38. The van der Waals surface area contributed by atoms with Gasteiger partial charge >= 0.3 is 0 Å². The molecule has 1 N–H and O–H groups in total. The fourth-order valence-electron chi connectivity index (χ4n) is 5.88. The van der Waals surface area contributed by atoms with Crippen molar-refractivity contribution in [3.63, 3.8) is 0 Å². The van der Waals surface area contributed by atoms with Gasteiger partial charge in [-0.05, 0) is 30.8 Å². The number of methoxy groups -OCH3 is 2. The Balaban J connectivity index is 3.06. The van der Waals surface area contributed by atoms with Crippen LogP contribution in [0.2, 0.25) is 0 Å². The van der Waals surface area contributed by atoms with E-state index in [4.69, 9.17) is 9.47 Å². The van der Waals surface area contributed by atoms with Crippen molar-refractivity contribution in [2.24, 2.45) is 17.8 Å². The zero-order valence-electron chi connectivity index (χ0n) is 26.4. The second-order valence-electron chi connectivity index (χ2n) is 11.4. The molecule has 234 valence electrons. The lowest BCUT2D eigenvalue weighted by Crippen LogP contribution is -2.55. The summed E-state index contributed by atoms with van der Waals surface area (Å²) < 4.78 is 11.4. The summed E-state index contributed by atoms with van der Waals surface area (Å²) in [5, 5.41) is 2.68. The molecule has 1 aliphatic rings. The molecule has 1 rings (SSSR count). The molecule has 1 heterocycles. The minimum absolute atomic E-state index is 0.00616. The van der Waals surface area contributed by atoms with E-state index in [1.807, 2.05) is 27.7 Å². The normalized spacial score (nSPS) is 19.5. The minimum Gasteiger partial charge on any atom is -0.379 e. The molecule has 41 heavy (non-hydrogen) atoms. The Morgan fingerprint density at radius 1 is 1.07 bits per heavy atom. The molecule has 0 aromatic rings. The maximum atomic E-state index is 13.6. The fraction of sp³-hybridized carbons (Fsp3) is 0.767. The maximum Gasteiger partial charge on any atom is 0.246 e. The van der Waals surface area contributed by atoms with Crippen LogP contribution in [-0.4, -0.2) is 116 Å². The smallest absolute Gasteiger partial charge is 0.246 e. The van der Waals surface area contributed by atoms with Crippen LogP contribution in [0.4, 0.5) is 0 Å². The van der Waals surface area contributed by atoms with E-state index in [-0.39, 0.29) is 54.5 Å². The molecule has 7 atom stereocenters.